The lowest BCUT2D eigenvalue weighted by molar-refractivity contribution is -0.142. The maximum Gasteiger partial charge on any atom is 0.261 e. The lowest BCUT2D eigenvalue weighted by Crippen LogP contribution is -2.49. The Kier molecular flexibility index (Phi) is 9.57. The van der Waals surface area contributed by atoms with E-state index in [0.29, 0.717) is 30.7 Å². The summed E-state index contributed by atoms with van der Waals surface area (Å²) in [6.07, 6.45) is 0. The predicted molar refractivity (Wildman–Crippen MR) is 127 cm³/mol. The van der Waals surface area contributed by atoms with Gasteiger partial charge >= 0.3 is 0 Å². The van der Waals surface area contributed by atoms with E-state index in [-0.39, 0.29) is 18.4 Å². The minimum Gasteiger partial charge on any atom is -0.497 e. The van der Waals surface area contributed by atoms with Gasteiger partial charge in [0.15, 0.2) is 6.61 Å². The van der Waals surface area contributed by atoms with Crippen LogP contribution in [0.4, 0.5) is 0 Å². The molecule has 0 aliphatic carbocycles. The van der Waals surface area contributed by atoms with Crippen LogP contribution in [0.2, 0.25) is 0 Å². The molecule has 1 N–H and O–H groups in total. The normalized spacial score (nSPS) is 11.9. The average Bonchev–Trinajstić information content (AvgIpc) is 2.79. The minimum atomic E-state index is -0.629. The van der Waals surface area contributed by atoms with E-state index in [9.17, 15) is 9.59 Å². The number of ether oxygens (including phenoxy) is 2. The van der Waals surface area contributed by atoms with E-state index in [1.807, 2.05) is 62.4 Å². The number of hydrogen-bond acceptors (Lipinski definition) is 4. The van der Waals surface area contributed by atoms with Gasteiger partial charge in [0.25, 0.3) is 5.91 Å². The summed E-state index contributed by atoms with van der Waals surface area (Å²) in [4.78, 5) is 27.3. The molecule has 0 saturated heterocycles. The number of carbonyl (C=O) groups is 2. The van der Waals surface area contributed by atoms with Crippen molar-refractivity contribution in [3.05, 3.63) is 59.7 Å². The largest absolute Gasteiger partial charge is 0.497 e. The van der Waals surface area contributed by atoms with Crippen LogP contribution >= 0.6 is 0 Å². The Bertz CT molecular complexity index is 860. The van der Waals surface area contributed by atoms with Gasteiger partial charge in [0, 0.05) is 13.1 Å². The van der Waals surface area contributed by atoms with Crippen LogP contribution in [-0.4, -0.2) is 43.0 Å². The number of benzene rings is 2. The van der Waals surface area contributed by atoms with Gasteiger partial charge in [-0.2, -0.15) is 0 Å². The fourth-order valence-electron chi connectivity index (χ4n) is 3.14. The molecule has 0 saturated carbocycles. The quantitative estimate of drug-likeness (QED) is 0.563. The van der Waals surface area contributed by atoms with E-state index in [0.717, 1.165) is 11.3 Å². The second kappa shape index (κ2) is 12.1. The van der Waals surface area contributed by atoms with Crippen molar-refractivity contribution < 1.29 is 19.1 Å². The van der Waals surface area contributed by atoms with Gasteiger partial charge in [-0.1, -0.05) is 52.0 Å². The molecule has 1 unspecified atom stereocenters. The standard InChI is InChI=1S/C26H36N2O4/c1-18(2)15-27-26(30)20(5)28(16-21-7-11-23(31-6)12-8-21)25(29)17-32-24-13-9-22(10-14-24)19(3)4/h7-14,18-20H,15-17H2,1-6H3,(H,27,30). The molecule has 6 heteroatoms. The van der Waals surface area contributed by atoms with Crippen LogP contribution in [0.25, 0.3) is 0 Å². The van der Waals surface area contributed by atoms with Crippen molar-refractivity contribution in [3.8, 4) is 11.5 Å². The first kappa shape index (κ1) is 25.2. The van der Waals surface area contributed by atoms with Gasteiger partial charge in [-0.3, -0.25) is 9.59 Å². The first-order chi connectivity index (χ1) is 15.2. The molecule has 0 bridgehead atoms. The van der Waals surface area contributed by atoms with Gasteiger partial charge in [0.05, 0.1) is 7.11 Å². The summed E-state index contributed by atoms with van der Waals surface area (Å²) in [6, 6.07) is 14.6. The van der Waals surface area contributed by atoms with Crippen LogP contribution in [-0.2, 0) is 16.1 Å². The lowest BCUT2D eigenvalue weighted by atomic mass is 10.0. The maximum atomic E-state index is 13.1. The van der Waals surface area contributed by atoms with Crippen LogP contribution in [0.5, 0.6) is 11.5 Å². The zero-order chi connectivity index (χ0) is 23.7. The molecule has 0 radical (unpaired) electrons. The number of hydrogen-bond donors (Lipinski definition) is 1. The summed E-state index contributed by atoms with van der Waals surface area (Å²) >= 11 is 0. The van der Waals surface area contributed by atoms with Crippen LogP contribution in [0.1, 0.15) is 51.7 Å². The Balaban J connectivity index is 2.11. The smallest absolute Gasteiger partial charge is 0.261 e. The zero-order valence-corrected chi connectivity index (χ0v) is 20.1. The summed E-state index contributed by atoms with van der Waals surface area (Å²) in [5.41, 5.74) is 2.12. The molecule has 0 aliphatic rings. The third-order valence-electron chi connectivity index (χ3n) is 5.27. The van der Waals surface area contributed by atoms with Gasteiger partial charge < -0.3 is 19.7 Å². The molecule has 2 amide bonds. The van der Waals surface area contributed by atoms with Gasteiger partial charge in [-0.25, -0.2) is 0 Å². The summed E-state index contributed by atoms with van der Waals surface area (Å²) in [6.45, 7) is 10.8. The van der Waals surface area contributed by atoms with Crippen LogP contribution in [0, 0.1) is 5.92 Å². The van der Waals surface area contributed by atoms with Gasteiger partial charge in [-0.05, 0) is 54.2 Å². The molecular weight excluding hydrogens is 404 g/mol. The molecule has 174 valence electrons. The highest BCUT2D eigenvalue weighted by Crippen LogP contribution is 2.19. The molecule has 0 aromatic heterocycles. The van der Waals surface area contributed by atoms with Crippen molar-refractivity contribution in [1.82, 2.24) is 10.2 Å². The van der Waals surface area contributed by atoms with Crippen molar-refractivity contribution in [2.45, 2.75) is 53.1 Å². The average molecular weight is 441 g/mol. The number of methoxy groups -OCH3 is 1. The molecule has 2 aromatic rings. The molecule has 32 heavy (non-hydrogen) atoms. The second-order valence-corrected chi connectivity index (χ2v) is 8.70. The van der Waals surface area contributed by atoms with Gasteiger partial charge in [0.2, 0.25) is 5.91 Å². The van der Waals surface area contributed by atoms with E-state index in [2.05, 4.69) is 19.2 Å². The predicted octanol–water partition coefficient (Wildman–Crippen LogP) is 4.39. The zero-order valence-electron chi connectivity index (χ0n) is 20.1. The molecule has 6 nitrogen and oxygen atoms in total. The highest BCUT2D eigenvalue weighted by molar-refractivity contribution is 5.87. The summed E-state index contributed by atoms with van der Waals surface area (Å²) in [7, 11) is 1.61. The highest BCUT2D eigenvalue weighted by Gasteiger charge is 2.26. The van der Waals surface area contributed by atoms with Crippen LogP contribution in [0.15, 0.2) is 48.5 Å². The molecule has 2 aromatic carbocycles. The number of amides is 2. The molecule has 0 aliphatic heterocycles. The third-order valence-corrected chi connectivity index (χ3v) is 5.27. The van der Waals surface area contributed by atoms with Crippen molar-refractivity contribution in [2.75, 3.05) is 20.3 Å². The monoisotopic (exact) mass is 440 g/mol. The molecule has 0 spiro atoms. The Morgan fingerprint density at radius 3 is 2.03 bits per heavy atom. The van der Waals surface area contributed by atoms with E-state index in [1.54, 1.807) is 18.9 Å². The second-order valence-electron chi connectivity index (χ2n) is 8.70. The van der Waals surface area contributed by atoms with Gasteiger partial charge in [0.1, 0.15) is 17.5 Å². The Morgan fingerprint density at radius 2 is 1.50 bits per heavy atom. The van der Waals surface area contributed by atoms with Crippen molar-refractivity contribution in [2.24, 2.45) is 5.92 Å². The van der Waals surface area contributed by atoms with E-state index in [1.165, 1.54) is 5.56 Å². The van der Waals surface area contributed by atoms with Gasteiger partial charge in [-0.15, -0.1) is 0 Å². The Labute approximate surface area is 191 Å². The Morgan fingerprint density at radius 1 is 0.906 bits per heavy atom. The number of rotatable bonds is 11. The third kappa shape index (κ3) is 7.59. The highest BCUT2D eigenvalue weighted by atomic mass is 16.5. The van der Waals surface area contributed by atoms with Crippen LogP contribution in [0.3, 0.4) is 0 Å². The van der Waals surface area contributed by atoms with Crippen molar-refractivity contribution >= 4 is 11.8 Å². The molecule has 1 atom stereocenters. The van der Waals surface area contributed by atoms with Crippen LogP contribution < -0.4 is 14.8 Å². The minimum absolute atomic E-state index is 0.140. The Hall–Kier alpha value is -3.02. The SMILES string of the molecule is COc1ccc(CN(C(=O)COc2ccc(C(C)C)cc2)C(C)C(=O)NCC(C)C)cc1. The summed E-state index contributed by atoms with van der Waals surface area (Å²) in [5.74, 6) is 1.69. The first-order valence-corrected chi connectivity index (χ1v) is 11.1. The van der Waals surface area contributed by atoms with E-state index >= 15 is 0 Å². The topological polar surface area (TPSA) is 67.9 Å². The lowest BCUT2D eigenvalue weighted by Gasteiger charge is -2.29. The number of carbonyl (C=O) groups excluding carboxylic acids is 2. The molecule has 0 fully saturated rings. The van der Waals surface area contributed by atoms with Crippen molar-refractivity contribution in [3.63, 3.8) is 0 Å². The van der Waals surface area contributed by atoms with E-state index < -0.39 is 6.04 Å². The summed E-state index contributed by atoms with van der Waals surface area (Å²) in [5, 5.41) is 2.92. The molecule has 0 heterocycles. The summed E-state index contributed by atoms with van der Waals surface area (Å²) < 4.78 is 11.0. The van der Waals surface area contributed by atoms with Crippen molar-refractivity contribution in [1.29, 1.82) is 0 Å². The fraction of sp³-hybridized carbons (Fsp3) is 0.462. The van der Waals surface area contributed by atoms with E-state index in [4.69, 9.17) is 9.47 Å². The molecule has 2 rings (SSSR count). The maximum absolute atomic E-state index is 13.1. The fourth-order valence-corrected chi connectivity index (χ4v) is 3.14. The molecular formula is C26H36N2O4. The first-order valence-electron chi connectivity index (χ1n) is 11.1. The number of nitrogens with zero attached hydrogens (tertiary/aromatic N) is 1. The number of nitrogens with one attached hydrogen (secondary N) is 1.